The molecule has 0 spiro atoms. The van der Waals surface area contributed by atoms with E-state index < -0.39 is 22.2 Å². The van der Waals surface area contributed by atoms with Gasteiger partial charge in [0.2, 0.25) is 0 Å². The normalized spacial score (nSPS) is 26.6. The van der Waals surface area contributed by atoms with E-state index in [9.17, 15) is 18.6 Å². The molecule has 8 heteroatoms. The Balaban J connectivity index is 2.31. The van der Waals surface area contributed by atoms with Crippen molar-refractivity contribution in [2.45, 2.75) is 23.3 Å². The first-order valence-electron chi connectivity index (χ1n) is 4.94. The van der Waals surface area contributed by atoms with Gasteiger partial charge in [0.1, 0.15) is 4.21 Å². The zero-order valence-corrected chi connectivity index (χ0v) is 12.2. The third kappa shape index (κ3) is 2.42. The van der Waals surface area contributed by atoms with Crippen molar-refractivity contribution in [2.24, 2.45) is 0 Å². The Morgan fingerprint density at radius 2 is 1.94 bits per heavy atom. The summed E-state index contributed by atoms with van der Waals surface area (Å²) in [5, 5.41) is 18.8. The molecule has 5 nitrogen and oxygen atoms in total. The first-order chi connectivity index (χ1) is 7.82. The maximum atomic E-state index is 12.2. The first-order valence-corrected chi connectivity index (χ1v) is 7.99. The van der Waals surface area contributed by atoms with E-state index in [4.69, 9.17) is 0 Å². The van der Waals surface area contributed by atoms with Crippen LogP contribution in [0.5, 0.6) is 0 Å². The zero-order chi connectivity index (χ0) is 12.8. The molecule has 0 aliphatic carbocycles. The molecule has 0 amide bonds. The summed E-state index contributed by atoms with van der Waals surface area (Å²) in [6.07, 6.45) is -2.01. The van der Waals surface area contributed by atoms with E-state index in [1.54, 1.807) is 6.07 Å². The van der Waals surface area contributed by atoms with Gasteiger partial charge in [0, 0.05) is 13.1 Å². The van der Waals surface area contributed by atoms with Gasteiger partial charge in [0.25, 0.3) is 10.0 Å². The quantitative estimate of drug-likeness (QED) is 0.823. The molecular weight excluding hydrogens is 330 g/mol. The van der Waals surface area contributed by atoms with Crippen LogP contribution < -0.4 is 0 Å². The highest BCUT2D eigenvalue weighted by atomic mass is 79.9. The van der Waals surface area contributed by atoms with E-state index in [0.717, 1.165) is 25.0 Å². The molecule has 0 bridgehead atoms. The van der Waals surface area contributed by atoms with Crippen LogP contribution in [0.4, 0.5) is 0 Å². The van der Waals surface area contributed by atoms with Gasteiger partial charge in [-0.2, -0.15) is 4.31 Å². The van der Waals surface area contributed by atoms with Crippen molar-refractivity contribution >= 4 is 37.3 Å². The van der Waals surface area contributed by atoms with Crippen molar-refractivity contribution in [1.29, 1.82) is 0 Å². The maximum Gasteiger partial charge on any atom is 0.252 e. The molecule has 1 aromatic rings. The van der Waals surface area contributed by atoms with Crippen molar-refractivity contribution in [2.75, 3.05) is 13.1 Å². The van der Waals surface area contributed by atoms with Crippen molar-refractivity contribution in [3.63, 3.8) is 0 Å². The van der Waals surface area contributed by atoms with Crippen LogP contribution in [0.15, 0.2) is 14.1 Å². The second kappa shape index (κ2) is 4.60. The van der Waals surface area contributed by atoms with Gasteiger partial charge in [-0.1, -0.05) is 0 Å². The van der Waals surface area contributed by atoms with Gasteiger partial charge in [0.15, 0.2) is 0 Å². The van der Waals surface area contributed by atoms with E-state index in [1.165, 1.54) is 0 Å². The highest BCUT2D eigenvalue weighted by Crippen LogP contribution is 2.33. The van der Waals surface area contributed by atoms with Crippen molar-refractivity contribution in [3.05, 3.63) is 15.4 Å². The topological polar surface area (TPSA) is 77.8 Å². The molecule has 1 fully saturated rings. The summed E-state index contributed by atoms with van der Waals surface area (Å²) in [5.74, 6) is 0. The van der Waals surface area contributed by atoms with Crippen molar-refractivity contribution in [1.82, 2.24) is 4.31 Å². The largest absolute Gasteiger partial charge is 0.389 e. The van der Waals surface area contributed by atoms with E-state index >= 15 is 0 Å². The summed E-state index contributed by atoms with van der Waals surface area (Å²) in [6, 6.07) is 1.58. The third-order valence-electron chi connectivity index (χ3n) is 2.65. The van der Waals surface area contributed by atoms with Crippen molar-refractivity contribution < 1.29 is 18.6 Å². The van der Waals surface area contributed by atoms with Gasteiger partial charge < -0.3 is 10.2 Å². The van der Waals surface area contributed by atoms with Gasteiger partial charge in [-0.15, -0.1) is 11.3 Å². The second-order valence-corrected chi connectivity index (χ2v) is 8.51. The number of aliphatic hydroxyl groups is 2. The van der Waals surface area contributed by atoms with Gasteiger partial charge in [-0.25, -0.2) is 8.42 Å². The average Bonchev–Trinajstić information content (AvgIpc) is 2.74. The Bertz CT molecular complexity index is 498. The molecule has 2 atom stereocenters. The summed E-state index contributed by atoms with van der Waals surface area (Å²) in [6.45, 7) is 1.70. The Morgan fingerprint density at radius 1 is 1.41 bits per heavy atom. The van der Waals surface area contributed by atoms with Crippen LogP contribution in [0.2, 0.25) is 0 Å². The summed E-state index contributed by atoms with van der Waals surface area (Å²) >= 11 is 4.41. The standard InChI is InChI=1S/C9H12BrNO4S2/c1-5-2-8(16-9(5)10)17(14,15)11-3-6(12)7(13)4-11/h2,6-7,12-13H,3-4H2,1H3. The monoisotopic (exact) mass is 341 g/mol. The molecule has 0 aromatic carbocycles. The van der Waals surface area contributed by atoms with Crippen LogP contribution in [0, 0.1) is 6.92 Å². The zero-order valence-electron chi connectivity index (χ0n) is 9.00. The number of nitrogens with zero attached hydrogens (tertiary/aromatic N) is 1. The van der Waals surface area contributed by atoms with E-state index in [2.05, 4.69) is 15.9 Å². The lowest BCUT2D eigenvalue weighted by molar-refractivity contribution is 0.0572. The fraction of sp³-hybridized carbons (Fsp3) is 0.556. The van der Waals surface area contributed by atoms with E-state index in [0.29, 0.717) is 0 Å². The number of β-amino-alcohol motifs (C(OH)–C–C–N with tert-alkyl or cyclic N) is 2. The molecular formula is C9H12BrNO4S2. The predicted molar refractivity (Wildman–Crippen MR) is 67.5 cm³/mol. The minimum absolute atomic E-state index is 0.0575. The van der Waals surface area contributed by atoms with Gasteiger partial charge >= 0.3 is 0 Å². The number of rotatable bonds is 2. The Hall–Kier alpha value is 0.01000. The fourth-order valence-corrected chi connectivity index (χ4v) is 5.47. The Labute approximate surface area is 112 Å². The number of thiophene rings is 1. The Morgan fingerprint density at radius 3 is 2.35 bits per heavy atom. The van der Waals surface area contributed by atoms with Gasteiger partial charge in [0.05, 0.1) is 16.0 Å². The smallest absolute Gasteiger partial charge is 0.252 e. The number of halogens is 1. The molecule has 96 valence electrons. The van der Waals surface area contributed by atoms with Gasteiger partial charge in [-0.05, 0) is 34.5 Å². The highest BCUT2D eigenvalue weighted by molar-refractivity contribution is 9.11. The van der Waals surface area contributed by atoms with Crippen LogP contribution in [0.3, 0.4) is 0 Å². The number of aliphatic hydroxyl groups excluding tert-OH is 2. The van der Waals surface area contributed by atoms with Crippen molar-refractivity contribution in [3.8, 4) is 0 Å². The fourth-order valence-electron chi connectivity index (χ4n) is 1.62. The summed E-state index contributed by atoms with van der Waals surface area (Å²) < 4.78 is 26.5. The molecule has 2 rings (SSSR count). The predicted octanol–water partition coefficient (Wildman–Crippen LogP) is 0.545. The molecule has 1 aromatic heterocycles. The van der Waals surface area contributed by atoms with Crippen LogP contribution in [0.25, 0.3) is 0 Å². The number of sulfonamides is 1. The lowest BCUT2D eigenvalue weighted by Gasteiger charge is -2.13. The van der Waals surface area contributed by atoms with Crippen LogP contribution in [-0.2, 0) is 10.0 Å². The number of hydrogen-bond donors (Lipinski definition) is 2. The van der Waals surface area contributed by atoms with E-state index in [1.807, 2.05) is 6.92 Å². The molecule has 0 radical (unpaired) electrons. The average molecular weight is 342 g/mol. The molecule has 0 saturated carbocycles. The lowest BCUT2D eigenvalue weighted by Crippen LogP contribution is -2.29. The molecule has 2 unspecified atom stereocenters. The van der Waals surface area contributed by atoms with Crippen LogP contribution >= 0.6 is 27.3 Å². The third-order valence-corrected chi connectivity index (χ3v) is 7.07. The minimum Gasteiger partial charge on any atom is -0.389 e. The van der Waals surface area contributed by atoms with E-state index in [-0.39, 0.29) is 17.3 Å². The maximum absolute atomic E-state index is 12.2. The summed E-state index contributed by atoms with van der Waals surface area (Å²) in [5.41, 5.74) is 0.855. The SMILES string of the molecule is Cc1cc(S(=O)(=O)N2CC(O)C(O)C2)sc1Br. The summed E-state index contributed by atoms with van der Waals surface area (Å²) in [4.78, 5) is 0. The highest BCUT2D eigenvalue weighted by Gasteiger charge is 2.38. The molecule has 17 heavy (non-hydrogen) atoms. The molecule has 2 N–H and O–H groups in total. The molecule has 1 aliphatic rings. The number of hydrogen-bond acceptors (Lipinski definition) is 5. The number of aryl methyl sites for hydroxylation is 1. The first kappa shape index (κ1) is 13.4. The summed E-state index contributed by atoms with van der Waals surface area (Å²) in [7, 11) is -3.60. The second-order valence-electron chi connectivity index (χ2n) is 3.98. The Kier molecular flexibility index (Phi) is 3.64. The van der Waals surface area contributed by atoms with Crippen LogP contribution in [-0.4, -0.2) is 48.2 Å². The lowest BCUT2D eigenvalue weighted by atomic mass is 10.3. The minimum atomic E-state index is -3.60. The van der Waals surface area contributed by atoms with Crippen LogP contribution in [0.1, 0.15) is 5.56 Å². The molecule has 2 heterocycles. The molecule has 1 aliphatic heterocycles. The van der Waals surface area contributed by atoms with Gasteiger partial charge in [-0.3, -0.25) is 0 Å². The molecule has 1 saturated heterocycles.